The van der Waals surface area contributed by atoms with Gasteiger partial charge in [-0.2, -0.15) is 0 Å². The van der Waals surface area contributed by atoms with Gasteiger partial charge in [-0.05, 0) is 18.5 Å². The molecule has 1 saturated heterocycles. The van der Waals surface area contributed by atoms with Gasteiger partial charge in [0, 0.05) is 17.5 Å². The molecule has 1 N–H and O–H groups in total. The number of thiophene rings is 1. The minimum atomic E-state index is -0.340. The van der Waals surface area contributed by atoms with Crippen LogP contribution in [0.5, 0.6) is 0 Å². The SMILES string of the molecule is O=[N+]([O-])c1cc([C@@H]2CCN2)cs1. The molecule has 1 aliphatic heterocycles. The first-order chi connectivity index (χ1) is 5.77. The molecule has 2 heterocycles. The highest BCUT2D eigenvalue weighted by atomic mass is 32.1. The van der Waals surface area contributed by atoms with Crippen LogP contribution in [0.15, 0.2) is 11.4 Å². The minimum absolute atomic E-state index is 0.235. The zero-order valence-corrected chi connectivity index (χ0v) is 7.13. The topological polar surface area (TPSA) is 55.2 Å². The molecule has 4 nitrogen and oxygen atoms in total. The highest BCUT2D eigenvalue weighted by Gasteiger charge is 2.21. The summed E-state index contributed by atoms with van der Waals surface area (Å²) in [5.74, 6) is 0. The van der Waals surface area contributed by atoms with Crippen LogP contribution in [0, 0.1) is 10.1 Å². The van der Waals surface area contributed by atoms with E-state index in [0.29, 0.717) is 6.04 Å². The molecule has 1 aliphatic rings. The van der Waals surface area contributed by atoms with Crippen LogP contribution in [-0.2, 0) is 0 Å². The minimum Gasteiger partial charge on any atom is -0.310 e. The maximum absolute atomic E-state index is 10.3. The van der Waals surface area contributed by atoms with Crippen molar-refractivity contribution in [1.29, 1.82) is 0 Å². The highest BCUT2D eigenvalue weighted by Crippen LogP contribution is 2.30. The molecule has 0 radical (unpaired) electrons. The summed E-state index contributed by atoms with van der Waals surface area (Å²) in [4.78, 5) is 10.00. The molecule has 0 saturated carbocycles. The Morgan fingerprint density at radius 2 is 2.50 bits per heavy atom. The second-order valence-corrected chi connectivity index (χ2v) is 3.66. The average molecular weight is 184 g/mol. The van der Waals surface area contributed by atoms with Crippen LogP contribution in [-0.4, -0.2) is 11.5 Å². The molecule has 12 heavy (non-hydrogen) atoms. The van der Waals surface area contributed by atoms with Gasteiger partial charge in [-0.1, -0.05) is 11.3 Å². The van der Waals surface area contributed by atoms with E-state index in [1.165, 1.54) is 11.3 Å². The van der Waals surface area contributed by atoms with Crippen molar-refractivity contribution in [2.24, 2.45) is 0 Å². The van der Waals surface area contributed by atoms with E-state index in [1.54, 1.807) is 6.07 Å². The molecular weight excluding hydrogens is 176 g/mol. The van der Waals surface area contributed by atoms with Crippen molar-refractivity contribution in [1.82, 2.24) is 5.32 Å². The summed E-state index contributed by atoms with van der Waals surface area (Å²) in [6.07, 6.45) is 1.09. The smallest absolute Gasteiger partial charge is 0.310 e. The second kappa shape index (κ2) is 2.84. The Morgan fingerprint density at radius 1 is 1.75 bits per heavy atom. The van der Waals surface area contributed by atoms with Crippen LogP contribution in [0.25, 0.3) is 0 Å². The molecule has 0 amide bonds. The van der Waals surface area contributed by atoms with Gasteiger partial charge < -0.3 is 5.32 Å². The van der Waals surface area contributed by atoms with Gasteiger partial charge in [0.25, 0.3) is 0 Å². The number of nitrogens with zero attached hydrogens (tertiary/aromatic N) is 1. The summed E-state index contributed by atoms with van der Waals surface area (Å²) in [6.45, 7) is 1.02. The van der Waals surface area contributed by atoms with Crippen LogP contribution in [0.3, 0.4) is 0 Å². The van der Waals surface area contributed by atoms with Crippen LogP contribution >= 0.6 is 11.3 Å². The molecule has 1 aromatic rings. The molecule has 0 bridgehead atoms. The van der Waals surface area contributed by atoms with Crippen molar-refractivity contribution in [3.63, 3.8) is 0 Å². The lowest BCUT2D eigenvalue weighted by Gasteiger charge is -2.26. The third kappa shape index (κ3) is 1.21. The van der Waals surface area contributed by atoms with Gasteiger partial charge in [-0.15, -0.1) is 0 Å². The lowest BCUT2D eigenvalue weighted by atomic mass is 10.0. The Hall–Kier alpha value is -0.940. The van der Waals surface area contributed by atoms with Gasteiger partial charge in [-0.3, -0.25) is 10.1 Å². The standard InChI is InChI=1S/C7H8N2O2S/c10-9(11)7-3-5(4-12-7)6-1-2-8-6/h3-4,6,8H,1-2H2/t6-/m0/s1. The third-order valence-corrected chi connectivity index (χ3v) is 2.91. The number of rotatable bonds is 2. The number of hydrogen-bond donors (Lipinski definition) is 1. The lowest BCUT2D eigenvalue weighted by Crippen LogP contribution is -2.34. The fraction of sp³-hybridized carbons (Fsp3) is 0.429. The normalized spacial score (nSPS) is 21.8. The summed E-state index contributed by atoms with van der Waals surface area (Å²) in [6, 6.07) is 2.01. The predicted octanol–water partition coefficient (Wildman–Crippen LogP) is 1.69. The molecule has 1 aromatic heterocycles. The molecule has 1 fully saturated rings. The molecule has 1 atom stereocenters. The Bertz CT molecular complexity index is 306. The molecule has 0 aliphatic carbocycles. The van der Waals surface area contributed by atoms with E-state index in [0.717, 1.165) is 18.5 Å². The number of hydrogen-bond acceptors (Lipinski definition) is 4. The summed E-state index contributed by atoms with van der Waals surface area (Å²) in [7, 11) is 0. The van der Waals surface area contributed by atoms with E-state index in [9.17, 15) is 10.1 Å². The zero-order valence-electron chi connectivity index (χ0n) is 6.32. The van der Waals surface area contributed by atoms with Crippen LogP contribution in [0.2, 0.25) is 0 Å². The lowest BCUT2D eigenvalue weighted by molar-refractivity contribution is -0.380. The van der Waals surface area contributed by atoms with Crippen molar-refractivity contribution in [3.05, 3.63) is 27.1 Å². The zero-order chi connectivity index (χ0) is 8.55. The molecule has 64 valence electrons. The molecule has 0 unspecified atom stereocenters. The first kappa shape index (κ1) is 7.70. The molecule has 2 rings (SSSR count). The molecular formula is C7H8N2O2S. The second-order valence-electron chi connectivity index (χ2n) is 2.77. The van der Waals surface area contributed by atoms with Crippen LogP contribution in [0.4, 0.5) is 5.00 Å². The predicted molar refractivity (Wildman–Crippen MR) is 46.3 cm³/mol. The molecule has 0 spiro atoms. The quantitative estimate of drug-likeness (QED) is 0.562. The Labute approximate surface area is 73.4 Å². The Morgan fingerprint density at radius 3 is 2.92 bits per heavy atom. The van der Waals surface area contributed by atoms with Gasteiger partial charge in [0.05, 0.1) is 4.92 Å². The van der Waals surface area contributed by atoms with Gasteiger partial charge in [-0.25, -0.2) is 0 Å². The van der Waals surface area contributed by atoms with Crippen molar-refractivity contribution in [3.8, 4) is 0 Å². The third-order valence-electron chi connectivity index (χ3n) is 2.01. The van der Waals surface area contributed by atoms with Gasteiger partial charge in [0.15, 0.2) is 0 Å². The van der Waals surface area contributed by atoms with E-state index < -0.39 is 0 Å². The maximum atomic E-state index is 10.3. The molecule has 5 heteroatoms. The fourth-order valence-electron chi connectivity index (χ4n) is 1.19. The highest BCUT2D eigenvalue weighted by molar-refractivity contribution is 7.13. The average Bonchev–Trinajstić information content (AvgIpc) is 2.32. The Kier molecular flexibility index (Phi) is 1.82. The van der Waals surface area contributed by atoms with Crippen LogP contribution < -0.4 is 5.32 Å². The van der Waals surface area contributed by atoms with E-state index in [1.807, 2.05) is 5.38 Å². The van der Waals surface area contributed by atoms with Crippen LogP contribution in [0.1, 0.15) is 18.0 Å². The van der Waals surface area contributed by atoms with Crippen molar-refractivity contribution in [2.75, 3.05) is 6.54 Å². The van der Waals surface area contributed by atoms with Gasteiger partial charge in [0.2, 0.25) is 0 Å². The van der Waals surface area contributed by atoms with Gasteiger partial charge in [0.1, 0.15) is 0 Å². The monoisotopic (exact) mass is 184 g/mol. The first-order valence-corrected chi connectivity index (χ1v) is 4.61. The van der Waals surface area contributed by atoms with Gasteiger partial charge >= 0.3 is 5.00 Å². The van der Waals surface area contributed by atoms with Crippen molar-refractivity contribution >= 4 is 16.3 Å². The van der Waals surface area contributed by atoms with E-state index in [4.69, 9.17) is 0 Å². The fourth-order valence-corrected chi connectivity index (χ4v) is 1.97. The van der Waals surface area contributed by atoms with Crippen molar-refractivity contribution < 1.29 is 4.92 Å². The Balaban J connectivity index is 2.17. The number of nitrogens with one attached hydrogen (secondary N) is 1. The first-order valence-electron chi connectivity index (χ1n) is 3.73. The largest absolute Gasteiger partial charge is 0.324 e. The molecule has 0 aromatic carbocycles. The summed E-state index contributed by atoms with van der Waals surface area (Å²) < 4.78 is 0. The number of nitro groups is 1. The van der Waals surface area contributed by atoms with E-state index in [2.05, 4.69) is 5.32 Å². The summed E-state index contributed by atoms with van der Waals surface area (Å²) in [5.41, 5.74) is 1.05. The summed E-state index contributed by atoms with van der Waals surface area (Å²) >= 11 is 1.20. The van der Waals surface area contributed by atoms with Crippen molar-refractivity contribution in [2.45, 2.75) is 12.5 Å². The maximum Gasteiger partial charge on any atom is 0.324 e. The van der Waals surface area contributed by atoms with E-state index >= 15 is 0 Å². The van der Waals surface area contributed by atoms with E-state index in [-0.39, 0.29) is 9.92 Å². The summed E-state index contributed by atoms with van der Waals surface area (Å²) in [5, 5.41) is 15.6.